The van der Waals surface area contributed by atoms with Crippen molar-refractivity contribution in [3.05, 3.63) is 54.4 Å². The third kappa shape index (κ3) is 5.13. The van der Waals surface area contributed by atoms with Gasteiger partial charge < -0.3 is 9.64 Å². The Bertz CT molecular complexity index is 909. The molecule has 1 aliphatic heterocycles. The molecule has 2 heterocycles. The molecule has 0 unspecified atom stereocenters. The van der Waals surface area contributed by atoms with Crippen molar-refractivity contribution in [1.82, 2.24) is 14.2 Å². The van der Waals surface area contributed by atoms with Crippen LogP contribution in [0.4, 0.5) is 0 Å². The van der Waals surface area contributed by atoms with Gasteiger partial charge in [0.15, 0.2) is 0 Å². The van der Waals surface area contributed by atoms with Crippen LogP contribution < -0.4 is 4.74 Å². The second kappa shape index (κ2) is 9.37. The lowest BCUT2D eigenvalue weighted by Gasteiger charge is -2.32. The number of piperidine rings is 1. The molecule has 0 atom stereocenters. The van der Waals surface area contributed by atoms with Gasteiger partial charge in [0.2, 0.25) is 15.9 Å². The van der Waals surface area contributed by atoms with Crippen LogP contribution in [0.1, 0.15) is 25.3 Å². The Hall–Kier alpha value is -2.45. The number of ether oxygens (including phenoxy) is 1. The average Bonchev–Trinajstić information content (AvgIpc) is 2.75. The molecule has 0 saturated carbocycles. The normalized spacial score (nSPS) is 15.8. The Balaban J connectivity index is 1.55. The number of aromatic nitrogens is 1. The van der Waals surface area contributed by atoms with Gasteiger partial charge in [-0.05, 0) is 49.6 Å². The highest BCUT2D eigenvalue weighted by molar-refractivity contribution is 7.89. The van der Waals surface area contributed by atoms with E-state index in [1.165, 1.54) is 10.5 Å². The van der Waals surface area contributed by atoms with Crippen molar-refractivity contribution >= 4 is 15.9 Å². The van der Waals surface area contributed by atoms with Crippen LogP contribution in [0.2, 0.25) is 0 Å². The van der Waals surface area contributed by atoms with E-state index in [1.807, 2.05) is 31.2 Å². The minimum Gasteiger partial charge on any atom is -0.494 e. The van der Waals surface area contributed by atoms with Crippen molar-refractivity contribution in [3.63, 3.8) is 0 Å². The molecule has 29 heavy (non-hydrogen) atoms. The molecular weight excluding hydrogens is 390 g/mol. The summed E-state index contributed by atoms with van der Waals surface area (Å²) in [6.45, 7) is 3.75. The van der Waals surface area contributed by atoms with Crippen LogP contribution in [0, 0.1) is 5.92 Å². The van der Waals surface area contributed by atoms with Gasteiger partial charge in [-0.15, -0.1) is 0 Å². The number of carbonyl (C=O) groups is 1. The number of carbonyl (C=O) groups excluding carboxylic acids is 1. The summed E-state index contributed by atoms with van der Waals surface area (Å²) in [5.41, 5.74) is 1.03. The summed E-state index contributed by atoms with van der Waals surface area (Å²) in [6, 6.07) is 10.9. The maximum absolute atomic E-state index is 12.8. The van der Waals surface area contributed by atoms with E-state index >= 15 is 0 Å². The lowest BCUT2D eigenvalue weighted by Crippen LogP contribution is -2.43. The summed E-state index contributed by atoms with van der Waals surface area (Å²) < 4.78 is 32.3. The van der Waals surface area contributed by atoms with E-state index in [4.69, 9.17) is 4.74 Å². The van der Waals surface area contributed by atoms with E-state index in [9.17, 15) is 13.2 Å². The molecule has 1 fully saturated rings. The van der Waals surface area contributed by atoms with Crippen molar-refractivity contribution in [2.75, 3.05) is 26.7 Å². The first kappa shape index (κ1) is 21.3. The van der Waals surface area contributed by atoms with Crippen LogP contribution in [-0.2, 0) is 21.4 Å². The predicted octanol–water partition coefficient (Wildman–Crippen LogP) is 2.54. The Morgan fingerprint density at radius 1 is 1.21 bits per heavy atom. The monoisotopic (exact) mass is 417 g/mol. The minimum absolute atomic E-state index is 0.0531. The van der Waals surface area contributed by atoms with Crippen LogP contribution in [0.3, 0.4) is 0 Å². The van der Waals surface area contributed by atoms with Crippen molar-refractivity contribution < 1.29 is 17.9 Å². The highest BCUT2D eigenvalue weighted by atomic mass is 32.2. The Labute approximate surface area is 172 Å². The summed E-state index contributed by atoms with van der Waals surface area (Å²) in [5, 5.41) is 0. The molecule has 1 aliphatic rings. The van der Waals surface area contributed by atoms with E-state index in [-0.39, 0.29) is 16.7 Å². The summed E-state index contributed by atoms with van der Waals surface area (Å²) >= 11 is 0. The van der Waals surface area contributed by atoms with Crippen molar-refractivity contribution in [1.29, 1.82) is 0 Å². The highest BCUT2D eigenvalue weighted by Gasteiger charge is 2.33. The molecule has 0 aliphatic carbocycles. The molecule has 2 aromatic rings. The fraction of sp³-hybridized carbons (Fsp3) is 0.429. The van der Waals surface area contributed by atoms with E-state index in [0.717, 1.165) is 11.3 Å². The topological polar surface area (TPSA) is 79.8 Å². The quantitative estimate of drug-likeness (QED) is 0.692. The van der Waals surface area contributed by atoms with Crippen molar-refractivity contribution in [3.8, 4) is 5.75 Å². The third-order valence-electron chi connectivity index (χ3n) is 5.11. The zero-order valence-corrected chi connectivity index (χ0v) is 17.6. The first-order chi connectivity index (χ1) is 13.9. The van der Waals surface area contributed by atoms with E-state index in [0.29, 0.717) is 39.1 Å². The van der Waals surface area contributed by atoms with Crippen molar-refractivity contribution in [2.24, 2.45) is 5.92 Å². The minimum atomic E-state index is -3.55. The van der Waals surface area contributed by atoms with Gasteiger partial charge in [0.25, 0.3) is 0 Å². The van der Waals surface area contributed by atoms with Gasteiger partial charge in [-0.1, -0.05) is 12.1 Å². The van der Waals surface area contributed by atoms with Gasteiger partial charge >= 0.3 is 0 Å². The molecule has 156 valence electrons. The van der Waals surface area contributed by atoms with Gasteiger partial charge in [0.05, 0.1) is 6.61 Å². The summed E-state index contributed by atoms with van der Waals surface area (Å²) in [5.74, 6) is 0.702. The van der Waals surface area contributed by atoms with Crippen LogP contribution >= 0.6 is 0 Å². The fourth-order valence-corrected chi connectivity index (χ4v) is 4.95. The molecule has 8 heteroatoms. The number of pyridine rings is 1. The maximum Gasteiger partial charge on any atom is 0.244 e. The molecule has 0 radical (unpaired) electrons. The highest BCUT2D eigenvalue weighted by Crippen LogP contribution is 2.25. The lowest BCUT2D eigenvalue weighted by molar-refractivity contribution is -0.135. The summed E-state index contributed by atoms with van der Waals surface area (Å²) in [6.07, 6.45) is 3.94. The number of hydrogen-bond acceptors (Lipinski definition) is 5. The Morgan fingerprint density at radius 3 is 2.48 bits per heavy atom. The number of rotatable bonds is 7. The third-order valence-corrected chi connectivity index (χ3v) is 6.99. The standard InChI is InChI=1S/C21H27N3O4S/c1-3-28-19-8-6-17(7-9-19)16-23(2)21(25)18-10-13-24(14-11-18)29(26,27)20-5-4-12-22-15-20/h4-9,12,15,18H,3,10-11,13-14,16H2,1-2H3. The SMILES string of the molecule is CCOc1ccc(CN(C)C(=O)C2CCN(S(=O)(=O)c3cccnc3)CC2)cc1. The Kier molecular flexibility index (Phi) is 6.87. The maximum atomic E-state index is 12.8. The van der Waals surface area contributed by atoms with E-state index in [1.54, 1.807) is 30.3 Å². The van der Waals surface area contributed by atoms with Crippen LogP contribution in [0.25, 0.3) is 0 Å². The molecule has 1 aromatic carbocycles. The zero-order chi connectivity index (χ0) is 20.9. The number of hydrogen-bond donors (Lipinski definition) is 0. The Morgan fingerprint density at radius 2 is 1.90 bits per heavy atom. The predicted molar refractivity (Wildman–Crippen MR) is 110 cm³/mol. The lowest BCUT2D eigenvalue weighted by atomic mass is 9.96. The number of sulfonamides is 1. The van der Waals surface area contributed by atoms with E-state index < -0.39 is 10.0 Å². The average molecular weight is 418 g/mol. The fourth-order valence-electron chi connectivity index (χ4n) is 3.51. The molecule has 1 amide bonds. The molecule has 0 spiro atoms. The molecule has 0 bridgehead atoms. The van der Waals surface area contributed by atoms with Gasteiger partial charge in [0.1, 0.15) is 10.6 Å². The second-order valence-electron chi connectivity index (χ2n) is 7.14. The van der Waals surface area contributed by atoms with Crippen LogP contribution in [0.15, 0.2) is 53.7 Å². The summed E-state index contributed by atoms with van der Waals surface area (Å²) in [4.78, 5) is 18.6. The molecule has 3 rings (SSSR count). The summed E-state index contributed by atoms with van der Waals surface area (Å²) in [7, 11) is -1.77. The van der Waals surface area contributed by atoms with Gasteiger partial charge in [-0.3, -0.25) is 9.78 Å². The first-order valence-electron chi connectivity index (χ1n) is 9.78. The number of nitrogens with zero attached hydrogens (tertiary/aromatic N) is 3. The molecule has 0 N–H and O–H groups in total. The number of benzene rings is 1. The number of amides is 1. The van der Waals surface area contributed by atoms with E-state index in [2.05, 4.69) is 4.98 Å². The van der Waals surface area contributed by atoms with Crippen LogP contribution in [0.5, 0.6) is 5.75 Å². The first-order valence-corrected chi connectivity index (χ1v) is 11.2. The van der Waals surface area contributed by atoms with Gasteiger partial charge in [0, 0.05) is 45.0 Å². The zero-order valence-electron chi connectivity index (χ0n) is 16.8. The second-order valence-corrected chi connectivity index (χ2v) is 9.08. The van der Waals surface area contributed by atoms with Crippen molar-refractivity contribution in [2.45, 2.75) is 31.2 Å². The smallest absolute Gasteiger partial charge is 0.244 e. The molecule has 1 saturated heterocycles. The largest absolute Gasteiger partial charge is 0.494 e. The molecule has 1 aromatic heterocycles. The molecule has 7 nitrogen and oxygen atoms in total. The molecular formula is C21H27N3O4S. The van der Waals surface area contributed by atoms with Crippen LogP contribution in [-0.4, -0.2) is 55.3 Å². The van der Waals surface area contributed by atoms with Gasteiger partial charge in [-0.25, -0.2) is 8.42 Å². The van der Waals surface area contributed by atoms with Gasteiger partial charge in [-0.2, -0.15) is 4.31 Å².